The minimum absolute atomic E-state index is 0.158. The molecule has 40 heavy (non-hydrogen) atoms. The number of nitrogens with one attached hydrogen (secondary N) is 1. The number of phosphoric ester groups is 1. The van der Waals surface area contributed by atoms with E-state index in [-0.39, 0.29) is 13.2 Å². The van der Waals surface area contributed by atoms with Gasteiger partial charge in [-0.3, -0.25) is 9.05 Å². The highest BCUT2D eigenvalue weighted by Crippen LogP contribution is 2.44. The van der Waals surface area contributed by atoms with Gasteiger partial charge in [-0.05, 0) is 32.1 Å². The summed E-state index contributed by atoms with van der Waals surface area (Å²) in [6.45, 7) is 3.36. The summed E-state index contributed by atoms with van der Waals surface area (Å²) in [5.41, 5.74) is 0. The van der Waals surface area contributed by atoms with Crippen molar-refractivity contribution in [2.75, 3.05) is 31.7 Å². The zero-order valence-corrected chi connectivity index (χ0v) is 27.7. The number of rotatable bonds is 27. The van der Waals surface area contributed by atoms with Crippen molar-refractivity contribution in [2.24, 2.45) is 0 Å². The third-order valence-electron chi connectivity index (χ3n) is 7.37. The van der Waals surface area contributed by atoms with E-state index in [0.29, 0.717) is 26.0 Å². The van der Waals surface area contributed by atoms with Gasteiger partial charge in [0.25, 0.3) is 0 Å². The fraction of sp³-hybridized carbons (Fsp3) is 0.967. The minimum Gasteiger partial charge on any atom is -0.443 e. The number of carbonyl (C=O) groups is 1. The zero-order valence-electron chi connectivity index (χ0n) is 25.3. The first-order chi connectivity index (χ1) is 19.5. The molecule has 1 amide bonds. The van der Waals surface area contributed by atoms with Gasteiger partial charge in [-0.15, -0.1) is 0 Å². The van der Waals surface area contributed by atoms with Crippen LogP contribution in [0.5, 0.6) is 0 Å². The van der Waals surface area contributed by atoms with E-state index < -0.39 is 26.1 Å². The molecule has 10 heteroatoms. The van der Waals surface area contributed by atoms with Gasteiger partial charge in [0.1, 0.15) is 12.2 Å². The van der Waals surface area contributed by atoms with Crippen LogP contribution in [0.2, 0.25) is 0 Å². The van der Waals surface area contributed by atoms with E-state index in [0.717, 1.165) is 43.9 Å². The van der Waals surface area contributed by atoms with Gasteiger partial charge in [0, 0.05) is 18.5 Å². The molecule has 238 valence electrons. The topological polar surface area (TPSA) is 103 Å². The molecule has 0 bridgehead atoms. The van der Waals surface area contributed by atoms with Crippen LogP contribution in [0.1, 0.15) is 142 Å². The molecule has 0 aromatic carbocycles. The van der Waals surface area contributed by atoms with E-state index in [4.69, 9.17) is 18.5 Å². The number of hydrogen-bond acceptors (Lipinski definition) is 6. The van der Waals surface area contributed by atoms with Crippen LogP contribution in [0.4, 0.5) is 4.79 Å². The molecule has 1 aliphatic heterocycles. The molecule has 1 saturated heterocycles. The van der Waals surface area contributed by atoms with Crippen molar-refractivity contribution in [1.29, 1.82) is 0 Å². The van der Waals surface area contributed by atoms with Gasteiger partial charge >= 0.3 is 13.9 Å². The predicted octanol–water partition coefficient (Wildman–Crippen LogP) is 9.22. The van der Waals surface area contributed by atoms with Crippen LogP contribution < -0.4 is 5.32 Å². The molecule has 8 nitrogen and oxygen atoms in total. The number of unbranched alkanes of at least 4 members (excludes halogenated alkanes) is 17. The number of alkyl carbamates (subject to hydrolysis) is 1. The number of carbonyl (C=O) groups excluding carboxylic acids is 1. The van der Waals surface area contributed by atoms with Gasteiger partial charge in [0.05, 0.1) is 13.2 Å². The molecule has 0 spiro atoms. The second-order valence-corrected chi connectivity index (χ2v) is 13.3. The first kappa shape index (κ1) is 37.8. The molecule has 0 saturated carbocycles. The van der Waals surface area contributed by atoms with Crippen molar-refractivity contribution >= 4 is 29.8 Å². The Labute approximate surface area is 253 Å². The second-order valence-electron chi connectivity index (χ2n) is 11.1. The molecule has 1 fully saturated rings. The average Bonchev–Trinajstić information content (AvgIpc) is 2.94. The molecule has 0 aromatic heterocycles. The summed E-state index contributed by atoms with van der Waals surface area (Å²) in [4.78, 5) is 22.2. The summed E-state index contributed by atoms with van der Waals surface area (Å²) in [7, 11) is -4.17. The number of amides is 1. The van der Waals surface area contributed by atoms with Crippen molar-refractivity contribution < 1.29 is 32.8 Å². The van der Waals surface area contributed by atoms with Crippen molar-refractivity contribution in [3.63, 3.8) is 0 Å². The molecule has 1 unspecified atom stereocenters. The van der Waals surface area contributed by atoms with Crippen LogP contribution >= 0.6 is 23.8 Å². The molecule has 0 radical (unpaired) electrons. The Hall–Kier alpha value is -0.180. The Bertz CT molecular complexity index is 643. The van der Waals surface area contributed by atoms with Crippen LogP contribution in [0.3, 0.4) is 0 Å². The lowest BCUT2D eigenvalue weighted by Crippen LogP contribution is -2.42. The second kappa shape index (κ2) is 26.4. The number of alkyl halides is 1. The van der Waals surface area contributed by atoms with E-state index in [1.807, 2.05) is 0 Å². The van der Waals surface area contributed by atoms with Crippen molar-refractivity contribution in [3.05, 3.63) is 0 Å². The summed E-state index contributed by atoms with van der Waals surface area (Å²) in [6, 6.07) is 0. The highest BCUT2D eigenvalue weighted by Gasteiger charge is 2.32. The summed E-state index contributed by atoms with van der Waals surface area (Å²) in [5, 5.41) is 3.78. The molecule has 2 N–H and O–H groups in total. The molecule has 1 heterocycles. The molecule has 3 atom stereocenters. The first-order valence-electron chi connectivity index (χ1n) is 16.2. The maximum absolute atomic E-state index is 12.3. The van der Waals surface area contributed by atoms with Crippen LogP contribution in [-0.4, -0.2) is 54.9 Å². The SMILES string of the molecule is CCCCCCCCCCCCCCCCCNC(=O)O[C@@H]1CCCO[C@H]1COP(=O)(O)OCCCCCCBr. The molecule has 0 aromatic rings. The maximum atomic E-state index is 12.3. The fourth-order valence-electron chi connectivity index (χ4n) is 4.90. The third-order valence-corrected chi connectivity index (χ3v) is 8.92. The van der Waals surface area contributed by atoms with Crippen molar-refractivity contribution in [1.82, 2.24) is 5.32 Å². The van der Waals surface area contributed by atoms with Crippen molar-refractivity contribution in [3.8, 4) is 0 Å². The minimum atomic E-state index is -4.17. The number of phosphoric acid groups is 1. The largest absolute Gasteiger partial charge is 0.472 e. The Balaban J connectivity index is 2.04. The lowest BCUT2D eigenvalue weighted by Gasteiger charge is -2.31. The fourth-order valence-corrected chi connectivity index (χ4v) is 6.07. The van der Waals surface area contributed by atoms with Gasteiger partial charge in [-0.1, -0.05) is 126 Å². The zero-order chi connectivity index (χ0) is 29.2. The Morgan fingerprint density at radius 2 is 1.40 bits per heavy atom. The highest BCUT2D eigenvalue weighted by atomic mass is 79.9. The maximum Gasteiger partial charge on any atom is 0.472 e. The van der Waals surface area contributed by atoms with Gasteiger partial charge in [-0.25, -0.2) is 9.36 Å². The van der Waals surface area contributed by atoms with Gasteiger partial charge < -0.3 is 19.7 Å². The monoisotopic (exact) mass is 655 g/mol. The number of halogens is 1. The van der Waals surface area contributed by atoms with E-state index in [9.17, 15) is 14.3 Å². The molecule has 0 aliphatic carbocycles. The van der Waals surface area contributed by atoms with Crippen molar-refractivity contribution in [2.45, 2.75) is 154 Å². The first-order valence-corrected chi connectivity index (χ1v) is 18.8. The smallest absolute Gasteiger partial charge is 0.443 e. The van der Waals surface area contributed by atoms with E-state index in [2.05, 4.69) is 28.2 Å². The van der Waals surface area contributed by atoms with Crippen LogP contribution in [-0.2, 0) is 23.1 Å². The Morgan fingerprint density at radius 3 is 2.00 bits per heavy atom. The molecular formula is C30H59BrNO7P. The van der Waals surface area contributed by atoms with E-state index >= 15 is 0 Å². The van der Waals surface area contributed by atoms with Gasteiger partial charge in [-0.2, -0.15) is 0 Å². The van der Waals surface area contributed by atoms with Crippen LogP contribution in [0.15, 0.2) is 0 Å². The predicted molar refractivity (Wildman–Crippen MR) is 166 cm³/mol. The number of ether oxygens (including phenoxy) is 2. The summed E-state index contributed by atoms with van der Waals surface area (Å²) >= 11 is 3.39. The molecule has 1 aliphatic rings. The normalized spacial score (nSPS) is 18.9. The van der Waals surface area contributed by atoms with Gasteiger partial charge in [0.15, 0.2) is 0 Å². The standard InChI is InChI=1S/C30H59BrNO7P/c1-2-3-4-5-6-7-8-9-10-11-12-13-14-16-19-24-32-30(33)39-28-22-21-25-36-29(28)27-38-40(34,35)37-26-20-17-15-18-23-31/h28-29H,2-27H2,1H3,(H,32,33)(H,34,35)/t28-,29+/m1/s1. The summed E-state index contributed by atoms with van der Waals surface area (Å²) in [6.07, 6.45) is 23.2. The molecule has 1 rings (SSSR count). The summed E-state index contributed by atoms with van der Waals surface area (Å²) < 4.78 is 33.6. The average molecular weight is 657 g/mol. The number of hydrogen-bond donors (Lipinski definition) is 2. The quantitative estimate of drug-likeness (QED) is 0.0516. The Kier molecular flexibility index (Phi) is 25.0. The lowest BCUT2D eigenvalue weighted by molar-refractivity contribution is -0.0966. The lowest BCUT2D eigenvalue weighted by atomic mass is 10.0. The summed E-state index contributed by atoms with van der Waals surface area (Å²) in [5.74, 6) is 0. The van der Waals surface area contributed by atoms with Gasteiger partial charge in [0.2, 0.25) is 0 Å². The Morgan fingerprint density at radius 1 is 0.850 bits per heavy atom. The third kappa shape index (κ3) is 22.4. The van der Waals surface area contributed by atoms with E-state index in [1.54, 1.807) is 0 Å². The van der Waals surface area contributed by atoms with Crippen LogP contribution in [0, 0.1) is 0 Å². The highest BCUT2D eigenvalue weighted by molar-refractivity contribution is 9.09. The molecular weight excluding hydrogens is 597 g/mol. The van der Waals surface area contributed by atoms with Crippen LogP contribution in [0.25, 0.3) is 0 Å². The van der Waals surface area contributed by atoms with E-state index in [1.165, 1.54) is 83.5 Å².